The normalized spacial score (nSPS) is 17.5. The molecule has 2 N–H and O–H groups in total. The number of nitrogens with one attached hydrogen (secondary N) is 2. The molecule has 1 heterocycles. The van der Waals surface area contributed by atoms with Crippen LogP contribution in [0.1, 0.15) is 24.9 Å². The Hall–Kier alpha value is -2.48. The molecule has 0 saturated heterocycles. The van der Waals surface area contributed by atoms with Gasteiger partial charge in [-0.25, -0.2) is 4.79 Å². The van der Waals surface area contributed by atoms with Crippen molar-refractivity contribution in [1.82, 2.24) is 10.6 Å². The van der Waals surface area contributed by atoms with Gasteiger partial charge in [0, 0.05) is 17.8 Å². The van der Waals surface area contributed by atoms with Crippen molar-refractivity contribution in [3.8, 4) is 0 Å². The molecule has 1 aliphatic rings. The van der Waals surface area contributed by atoms with Crippen molar-refractivity contribution < 1.29 is 14.5 Å². The maximum atomic E-state index is 12.1. The predicted molar refractivity (Wildman–Crippen MR) is 84.0 cm³/mol. The molecule has 0 fully saturated rings. The van der Waals surface area contributed by atoms with Crippen molar-refractivity contribution in [3.05, 3.63) is 51.2 Å². The summed E-state index contributed by atoms with van der Waals surface area (Å²) in [4.78, 5) is 22.4. The van der Waals surface area contributed by atoms with Crippen LogP contribution in [0.4, 0.5) is 5.69 Å². The summed E-state index contributed by atoms with van der Waals surface area (Å²) in [5.74, 6) is -0.470. The van der Waals surface area contributed by atoms with Gasteiger partial charge < -0.3 is 15.4 Å². The van der Waals surface area contributed by atoms with Gasteiger partial charge in [-0.3, -0.25) is 10.1 Å². The summed E-state index contributed by atoms with van der Waals surface area (Å²) in [6.07, 6.45) is 0.579. The Morgan fingerprint density at radius 1 is 1.41 bits per heavy atom. The Balaban J connectivity index is 2.47. The van der Waals surface area contributed by atoms with Crippen LogP contribution in [0.2, 0.25) is 0 Å². The number of ether oxygens (including phenoxy) is 1. The number of carbonyl (C=O) groups is 1. The highest BCUT2D eigenvalue weighted by Crippen LogP contribution is 2.29. The van der Waals surface area contributed by atoms with Crippen LogP contribution in [0.3, 0.4) is 0 Å². The second-order valence-corrected chi connectivity index (χ2v) is 5.03. The number of nitro groups is 1. The first-order chi connectivity index (χ1) is 10.5. The Kier molecular flexibility index (Phi) is 4.71. The SMILES string of the molecule is CCC1=C(C(=O)OC)[C@H](c2ccc([N+](=O)[O-])cc2)NC(=S)N1. The van der Waals surface area contributed by atoms with E-state index in [-0.39, 0.29) is 5.69 Å². The lowest BCUT2D eigenvalue weighted by atomic mass is 9.94. The van der Waals surface area contributed by atoms with E-state index in [4.69, 9.17) is 17.0 Å². The summed E-state index contributed by atoms with van der Waals surface area (Å²) in [5, 5.41) is 17.1. The number of nitrogens with zero attached hydrogens (tertiary/aromatic N) is 1. The number of methoxy groups -OCH3 is 1. The van der Waals surface area contributed by atoms with Crippen LogP contribution in [-0.4, -0.2) is 23.1 Å². The summed E-state index contributed by atoms with van der Waals surface area (Å²) in [6.45, 7) is 1.89. The van der Waals surface area contributed by atoms with E-state index in [9.17, 15) is 14.9 Å². The maximum absolute atomic E-state index is 12.1. The summed E-state index contributed by atoms with van der Waals surface area (Å²) in [5.41, 5.74) is 1.78. The summed E-state index contributed by atoms with van der Waals surface area (Å²) in [7, 11) is 1.31. The molecule has 1 atom stereocenters. The molecule has 0 bridgehead atoms. The highest BCUT2D eigenvalue weighted by atomic mass is 32.1. The third-order valence-corrected chi connectivity index (χ3v) is 3.57. The number of benzene rings is 1. The van der Waals surface area contributed by atoms with Gasteiger partial charge in [0.2, 0.25) is 0 Å². The second kappa shape index (κ2) is 6.52. The van der Waals surface area contributed by atoms with Crippen LogP contribution < -0.4 is 10.6 Å². The Morgan fingerprint density at radius 3 is 2.55 bits per heavy atom. The van der Waals surface area contributed by atoms with Crippen LogP contribution in [0.25, 0.3) is 0 Å². The van der Waals surface area contributed by atoms with Crippen molar-refractivity contribution in [1.29, 1.82) is 0 Å². The quantitative estimate of drug-likeness (QED) is 0.379. The van der Waals surface area contributed by atoms with E-state index in [2.05, 4.69) is 10.6 Å². The van der Waals surface area contributed by atoms with Gasteiger partial charge in [0.1, 0.15) is 0 Å². The molecule has 0 aliphatic carbocycles. The molecular formula is C14H15N3O4S. The summed E-state index contributed by atoms with van der Waals surface area (Å²) >= 11 is 5.15. The molecule has 8 heteroatoms. The fourth-order valence-electron chi connectivity index (χ4n) is 2.29. The highest BCUT2D eigenvalue weighted by molar-refractivity contribution is 7.80. The van der Waals surface area contributed by atoms with Crippen molar-refractivity contribution in [3.63, 3.8) is 0 Å². The molecule has 0 spiro atoms. The summed E-state index contributed by atoms with van der Waals surface area (Å²) < 4.78 is 4.84. The first-order valence-corrected chi connectivity index (χ1v) is 7.02. The number of carbonyl (C=O) groups excluding carboxylic acids is 1. The largest absolute Gasteiger partial charge is 0.466 e. The zero-order valence-corrected chi connectivity index (χ0v) is 12.9. The van der Waals surface area contributed by atoms with Gasteiger partial charge in [0.05, 0.1) is 23.6 Å². The number of non-ortho nitro benzene ring substituents is 1. The van der Waals surface area contributed by atoms with E-state index in [1.807, 2.05) is 6.92 Å². The molecular weight excluding hydrogens is 306 g/mol. The lowest BCUT2D eigenvalue weighted by molar-refractivity contribution is -0.384. The molecule has 0 unspecified atom stereocenters. The van der Waals surface area contributed by atoms with Crippen LogP contribution in [0, 0.1) is 10.1 Å². The molecule has 116 valence electrons. The molecule has 0 aromatic heterocycles. The number of rotatable bonds is 4. The molecule has 2 rings (SSSR count). The van der Waals surface area contributed by atoms with Crippen LogP contribution >= 0.6 is 12.2 Å². The highest BCUT2D eigenvalue weighted by Gasteiger charge is 2.31. The maximum Gasteiger partial charge on any atom is 0.337 e. The minimum absolute atomic E-state index is 0.0143. The number of esters is 1. The summed E-state index contributed by atoms with van der Waals surface area (Å²) in [6, 6.07) is 5.47. The van der Waals surface area contributed by atoms with Gasteiger partial charge in [-0.05, 0) is 36.3 Å². The molecule has 7 nitrogen and oxygen atoms in total. The Morgan fingerprint density at radius 2 is 2.05 bits per heavy atom. The molecule has 1 aromatic carbocycles. The van der Waals surface area contributed by atoms with Gasteiger partial charge in [-0.2, -0.15) is 0 Å². The first-order valence-electron chi connectivity index (χ1n) is 6.61. The fourth-order valence-corrected chi connectivity index (χ4v) is 2.53. The van der Waals surface area contributed by atoms with Crippen LogP contribution in [0.5, 0.6) is 0 Å². The van der Waals surface area contributed by atoms with E-state index >= 15 is 0 Å². The van der Waals surface area contributed by atoms with Crippen molar-refractivity contribution in [2.45, 2.75) is 19.4 Å². The van der Waals surface area contributed by atoms with Crippen LogP contribution in [-0.2, 0) is 9.53 Å². The van der Waals surface area contributed by atoms with E-state index in [0.29, 0.717) is 28.4 Å². The number of thiocarbonyl (C=S) groups is 1. The monoisotopic (exact) mass is 321 g/mol. The number of hydrogen-bond acceptors (Lipinski definition) is 5. The molecule has 1 aliphatic heterocycles. The Bertz CT molecular complexity index is 655. The van der Waals surface area contributed by atoms with E-state index in [1.54, 1.807) is 12.1 Å². The van der Waals surface area contributed by atoms with E-state index in [0.717, 1.165) is 0 Å². The van der Waals surface area contributed by atoms with Crippen molar-refractivity contribution >= 4 is 29.0 Å². The smallest absolute Gasteiger partial charge is 0.337 e. The predicted octanol–water partition coefficient (Wildman–Crippen LogP) is 1.95. The average molecular weight is 321 g/mol. The minimum atomic E-state index is -0.503. The molecule has 1 aromatic rings. The van der Waals surface area contributed by atoms with Crippen molar-refractivity contribution in [2.75, 3.05) is 7.11 Å². The lowest BCUT2D eigenvalue weighted by Crippen LogP contribution is -2.45. The molecule has 0 amide bonds. The first kappa shape index (κ1) is 15.9. The van der Waals surface area contributed by atoms with Gasteiger partial charge in [-0.1, -0.05) is 6.92 Å². The van der Waals surface area contributed by atoms with Gasteiger partial charge in [0.15, 0.2) is 5.11 Å². The molecule has 22 heavy (non-hydrogen) atoms. The zero-order valence-electron chi connectivity index (χ0n) is 12.1. The van der Waals surface area contributed by atoms with E-state index < -0.39 is 16.9 Å². The standard InChI is InChI=1S/C14H15N3O4S/c1-3-10-11(13(18)21-2)12(16-14(22)15-10)8-4-6-9(7-5-8)17(19)20/h4-7,12H,3H2,1-2H3,(H2,15,16,22)/t12-/m0/s1. The fraction of sp³-hybridized carbons (Fsp3) is 0.286. The van der Waals surface area contributed by atoms with E-state index in [1.165, 1.54) is 19.2 Å². The number of allylic oxidation sites excluding steroid dienone is 1. The van der Waals surface area contributed by atoms with Gasteiger partial charge >= 0.3 is 5.97 Å². The third kappa shape index (κ3) is 3.06. The zero-order chi connectivity index (χ0) is 16.3. The van der Waals surface area contributed by atoms with Crippen LogP contribution in [0.15, 0.2) is 35.5 Å². The lowest BCUT2D eigenvalue weighted by Gasteiger charge is -2.30. The van der Waals surface area contributed by atoms with Gasteiger partial charge in [0.25, 0.3) is 5.69 Å². The molecule has 0 radical (unpaired) electrons. The average Bonchev–Trinajstić information content (AvgIpc) is 2.53. The van der Waals surface area contributed by atoms with Gasteiger partial charge in [-0.15, -0.1) is 0 Å². The minimum Gasteiger partial charge on any atom is -0.466 e. The van der Waals surface area contributed by atoms with Crippen molar-refractivity contribution in [2.24, 2.45) is 0 Å². The number of nitro benzene ring substituents is 1. The second-order valence-electron chi connectivity index (χ2n) is 4.62. The third-order valence-electron chi connectivity index (χ3n) is 3.35. The topological polar surface area (TPSA) is 93.5 Å². The Labute approximate surface area is 132 Å². The number of hydrogen-bond donors (Lipinski definition) is 2. The molecule has 0 saturated carbocycles.